The Hall–Kier alpha value is -1.13. The van der Waals surface area contributed by atoms with Crippen molar-refractivity contribution in [2.45, 2.75) is 26.8 Å². The summed E-state index contributed by atoms with van der Waals surface area (Å²) in [5, 5.41) is 3.44. The van der Waals surface area contributed by atoms with E-state index in [-0.39, 0.29) is 0 Å². The van der Waals surface area contributed by atoms with Crippen LogP contribution in [-0.4, -0.2) is 16.5 Å². The minimum absolute atomic E-state index is 0.954. The van der Waals surface area contributed by atoms with Crippen LogP contribution in [0.1, 0.15) is 21.1 Å². The van der Waals surface area contributed by atoms with Gasteiger partial charge in [-0.1, -0.05) is 0 Å². The molecule has 0 unspecified atom stereocenters. The molecule has 2 aromatic rings. The number of nitrogens with zero attached hydrogens (tertiary/aromatic N) is 1. The van der Waals surface area contributed by atoms with Crippen molar-refractivity contribution >= 4 is 11.3 Å². The van der Waals surface area contributed by atoms with Gasteiger partial charge in [0.15, 0.2) is 0 Å². The Morgan fingerprint density at radius 3 is 2.94 bits per heavy atom. The molecule has 0 atom stereocenters. The normalized spacial score (nSPS) is 10.9. The Morgan fingerprint density at radius 2 is 2.31 bits per heavy atom. The molecule has 2 aromatic heterocycles. The smallest absolute Gasteiger partial charge is 0.107 e. The molecular formula is C12H17N3S. The van der Waals surface area contributed by atoms with E-state index in [1.807, 2.05) is 17.5 Å². The van der Waals surface area contributed by atoms with Crippen molar-refractivity contribution in [1.82, 2.24) is 15.3 Å². The number of H-pyrrole nitrogens is 1. The summed E-state index contributed by atoms with van der Waals surface area (Å²) in [6.07, 6.45) is 4.61. The van der Waals surface area contributed by atoms with Crippen LogP contribution in [0.25, 0.3) is 0 Å². The third kappa shape index (κ3) is 2.93. The van der Waals surface area contributed by atoms with Gasteiger partial charge >= 0.3 is 0 Å². The van der Waals surface area contributed by atoms with Gasteiger partial charge in [0.2, 0.25) is 0 Å². The monoisotopic (exact) mass is 235 g/mol. The largest absolute Gasteiger partial charge is 0.349 e. The minimum Gasteiger partial charge on any atom is -0.349 e. The topological polar surface area (TPSA) is 40.7 Å². The number of nitrogens with one attached hydrogen (secondary N) is 2. The van der Waals surface area contributed by atoms with Crippen LogP contribution >= 0.6 is 11.3 Å². The lowest BCUT2D eigenvalue weighted by Crippen LogP contribution is -2.17. The Kier molecular flexibility index (Phi) is 3.74. The van der Waals surface area contributed by atoms with E-state index >= 15 is 0 Å². The van der Waals surface area contributed by atoms with Crippen LogP contribution in [-0.2, 0) is 13.0 Å². The fourth-order valence-electron chi connectivity index (χ4n) is 1.72. The van der Waals surface area contributed by atoms with Crippen molar-refractivity contribution in [1.29, 1.82) is 0 Å². The molecule has 86 valence electrons. The van der Waals surface area contributed by atoms with Gasteiger partial charge in [-0.15, -0.1) is 11.3 Å². The van der Waals surface area contributed by atoms with Crippen LogP contribution in [0.4, 0.5) is 0 Å². The first-order chi connectivity index (χ1) is 7.75. The van der Waals surface area contributed by atoms with E-state index in [0.29, 0.717) is 0 Å². The zero-order chi connectivity index (χ0) is 11.4. The third-order valence-corrected chi connectivity index (χ3v) is 3.56. The predicted octanol–water partition coefficient (Wildman–Crippen LogP) is 2.42. The molecule has 0 aliphatic carbocycles. The highest BCUT2D eigenvalue weighted by atomic mass is 32.1. The number of rotatable bonds is 5. The summed E-state index contributed by atoms with van der Waals surface area (Å²) in [7, 11) is 0. The molecule has 0 fully saturated rings. The minimum atomic E-state index is 0.954. The molecule has 0 saturated carbocycles. The highest BCUT2D eigenvalue weighted by Gasteiger charge is 2.02. The van der Waals surface area contributed by atoms with E-state index in [1.165, 1.54) is 15.3 Å². The van der Waals surface area contributed by atoms with Gasteiger partial charge in [-0.25, -0.2) is 4.98 Å². The van der Waals surface area contributed by atoms with Gasteiger partial charge in [-0.3, -0.25) is 0 Å². The number of hydrogen-bond acceptors (Lipinski definition) is 3. The average molecular weight is 235 g/mol. The second kappa shape index (κ2) is 5.27. The lowest BCUT2D eigenvalue weighted by atomic mass is 10.2. The van der Waals surface area contributed by atoms with Crippen LogP contribution in [0.2, 0.25) is 0 Å². The van der Waals surface area contributed by atoms with Gasteiger partial charge in [-0.2, -0.15) is 0 Å². The molecule has 2 rings (SSSR count). The first-order valence-corrected chi connectivity index (χ1v) is 6.32. The van der Waals surface area contributed by atoms with Gasteiger partial charge in [0.05, 0.1) is 0 Å². The Bertz CT molecular complexity index is 431. The van der Waals surface area contributed by atoms with E-state index in [9.17, 15) is 0 Å². The van der Waals surface area contributed by atoms with Crippen molar-refractivity contribution in [3.05, 3.63) is 39.6 Å². The number of thiophene rings is 1. The predicted molar refractivity (Wildman–Crippen MR) is 67.8 cm³/mol. The van der Waals surface area contributed by atoms with Crippen LogP contribution in [0.5, 0.6) is 0 Å². The first kappa shape index (κ1) is 11.4. The highest BCUT2D eigenvalue weighted by molar-refractivity contribution is 7.12. The Morgan fingerprint density at radius 1 is 1.44 bits per heavy atom. The summed E-state index contributed by atoms with van der Waals surface area (Å²) < 4.78 is 0. The van der Waals surface area contributed by atoms with E-state index in [1.54, 1.807) is 6.20 Å². The molecule has 0 saturated heterocycles. The summed E-state index contributed by atoms with van der Waals surface area (Å²) >= 11 is 1.87. The summed E-state index contributed by atoms with van der Waals surface area (Å²) in [6, 6.07) is 2.26. The quantitative estimate of drug-likeness (QED) is 0.781. The van der Waals surface area contributed by atoms with E-state index in [0.717, 1.165) is 25.3 Å². The first-order valence-electron chi connectivity index (χ1n) is 5.50. The summed E-state index contributed by atoms with van der Waals surface area (Å²) in [6.45, 7) is 6.25. The molecule has 0 radical (unpaired) electrons. The number of hydrogen-bond donors (Lipinski definition) is 2. The van der Waals surface area contributed by atoms with Gasteiger partial charge in [-0.05, 0) is 25.5 Å². The molecule has 0 aromatic carbocycles. The lowest BCUT2D eigenvalue weighted by molar-refractivity contribution is 0.673. The second-order valence-corrected chi connectivity index (χ2v) is 5.36. The van der Waals surface area contributed by atoms with E-state index in [2.05, 4.69) is 35.2 Å². The highest BCUT2D eigenvalue weighted by Crippen LogP contribution is 2.20. The third-order valence-electron chi connectivity index (χ3n) is 2.55. The van der Waals surface area contributed by atoms with Crippen molar-refractivity contribution in [2.75, 3.05) is 6.54 Å². The molecule has 3 nitrogen and oxygen atoms in total. The maximum absolute atomic E-state index is 4.19. The van der Waals surface area contributed by atoms with Crippen LogP contribution in [0.3, 0.4) is 0 Å². The van der Waals surface area contributed by atoms with Gasteiger partial charge in [0, 0.05) is 41.7 Å². The number of aromatic amines is 1. The van der Waals surface area contributed by atoms with Crippen molar-refractivity contribution in [2.24, 2.45) is 0 Å². The SMILES string of the molecule is Cc1cc(CNCCc2ncc[nH]2)c(C)s1. The van der Waals surface area contributed by atoms with E-state index in [4.69, 9.17) is 0 Å². The molecule has 0 aliphatic rings. The maximum atomic E-state index is 4.19. The summed E-state index contributed by atoms with van der Waals surface area (Å²) in [5.74, 6) is 1.05. The Labute approximate surface area is 99.9 Å². The summed E-state index contributed by atoms with van der Waals surface area (Å²) in [5.41, 5.74) is 1.42. The number of aryl methyl sites for hydroxylation is 2. The van der Waals surface area contributed by atoms with Crippen molar-refractivity contribution < 1.29 is 0 Å². The van der Waals surface area contributed by atoms with Crippen LogP contribution in [0.15, 0.2) is 18.5 Å². The number of aromatic nitrogens is 2. The summed E-state index contributed by atoms with van der Waals surface area (Å²) in [4.78, 5) is 10.1. The fraction of sp³-hybridized carbons (Fsp3) is 0.417. The maximum Gasteiger partial charge on any atom is 0.107 e. The molecule has 0 bridgehead atoms. The van der Waals surface area contributed by atoms with Crippen LogP contribution < -0.4 is 5.32 Å². The van der Waals surface area contributed by atoms with Crippen LogP contribution in [0, 0.1) is 13.8 Å². The number of imidazole rings is 1. The van der Waals surface area contributed by atoms with E-state index < -0.39 is 0 Å². The van der Waals surface area contributed by atoms with Gasteiger partial charge in [0.1, 0.15) is 5.82 Å². The van der Waals surface area contributed by atoms with Crippen molar-refractivity contribution in [3.8, 4) is 0 Å². The standard InChI is InChI=1S/C12H17N3S/c1-9-7-11(10(2)16-9)8-13-4-3-12-14-5-6-15-12/h5-7,13H,3-4,8H2,1-2H3,(H,14,15). The molecular weight excluding hydrogens is 218 g/mol. The fourth-order valence-corrected chi connectivity index (χ4v) is 2.67. The van der Waals surface area contributed by atoms with Crippen molar-refractivity contribution in [3.63, 3.8) is 0 Å². The molecule has 16 heavy (non-hydrogen) atoms. The molecule has 2 heterocycles. The molecule has 2 N–H and O–H groups in total. The molecule has 4 heteroatoms. The molecule has 0 aliphatic heterocycles. The average Bonchev–Trinajstić information content (AvgIpc) is 2.84. The zero-order valence-corrected chi connectivity index (χ0v) is 10.5. The molecule has 0 amide bonds. The second-order valence-electron chi connectivity index (χ2n) is 3.90. The van der Waals surface area contributed by atoms with Gasteiger partial charge < -0.3 is 10.3 Å². The Balaban J connectivity index is 1.74. The lowest BCUT2D eigenvalue weighted by Gasteiger charge is -2.02. The zero-order valence-electron chi connectivity index (χ0n) is 9.71. The molecule has 0 spiro atoms. The van der Waals surface area contributed by atoms with Gasteiger partial charge in [0.25, 0.3) is 0 Å².